The number of carbonyl (C=O) groups is 3. The Morgan fingerprint density at radius 2 is 1.89 bits per heavy atom. The fraction of sp³-hybridized carbons (Fsp3) is 0.500. The number of nitrogens with zero attached hydrogens (tertiary/aromatic N) is 2. The molecule has 2 aliphatic heterocycles. The normalized spacial score (nSPS) is 25.1. The number of benzene rings is 1. The Kier molecular flexibility index (Phi) is 6.96. The summed E-state index contributed by atoms with van der Waals surface area (Å²) in [6.07, 6.45) is -0.0125. The van der Waals surface area contributed by atoms with Crippen molar-refractivity contribution in [2.24, 2.45) is 10.4 Å². The molecule has 4 rings (SSSR count). The molecule has 4 atom stereocenters. The van der Waals surface area contributed by atoms with Gasteiger partial charge in [-0.25, -0.2) is 4.99 Å². The first-order valence-corrected chi connectivity index (χ1v) is 13.2. The van der Waals surface area contributed by atoms with Crippen LogP contribution in [0.2, 0.25) is 0 Å². The molecule has 192 valence electrons. The van der Waals surface area contributed by atoms with Crippen LogP contribution in [0.5, 0.6) is 0 Å². The monoisotopic (exact) mass is 509 g/mol. The summed E-state index contributed by atoms with van der Waals surface area (Å²) in [5.41, 5.74) is 2.47. The van der Waals surface area contributed by atoms with E-state index >= 15 is 0 Å². The Balaban J connectivity index is 1.58. The average molecular weight is 510 g/mol. The van der Waals surface area contributed by atoms with Crippen LogP contribution in [0.1, 0.15) is 58.6 Å². The Bertz CT molecular complexity index is 1210. The SMILES string of the molecule is CC(=O)N[C@H](C(=O)N1C[C@H](O)C[C@H]1C1=NC(=O)[C@@](C)(c2ccc(-c3sccc3C)cc2)C1)C(C)(C)C. The molecule has 0 unspecified atom stereocenters. The first-order chi connectivity index (χ1) is 16.8. The molecular formula is C28H35N3O4S. The average Bonchev–Trinajstić information content (AvgIpc) is 3.48. The second-order valence-electron chi connectivity index (χ2n) is 11.3. The number of thiophene rings is 1. The number of hydrogen-bond acceptors (Lipinski definition) is 5. The standard InChI is InChI=1S/C28H35N3O4S/c1-16-11-12-36-23(16)18-7-9-19(10-8-18)28(6)14-21(30-26(28)35)22-13-20(33)15-31(22)25(34)24(27(3,4)5)29-17(2)32/h7-12,20,22,24,33H,13-15H2,1-6H3,(H,29,32)/t20-,22+,24-,28-/m1/s1. The summed E-state index contributed by atoms with van der Waals surface area (Å²) in [4.78, 5) is 45.9. The highest BCUT2D eigenvalue weighted by atomic mass is 32.1. The van der Waals surface area contributed by atoms with Crippen LogP contribution in [0, 0.1) is 12.3 Å². The number of likely N-dealkylation sites (tertiary alicyclic amines) is 1. The Labute approximate surface area is 216 Å². The summed E-state index contributed by atoms with van der Waals surface area (Å²) in [6, 6.07) is 8.93. The van der Waals surface area contributed by atoms with E-state index in [4.69, 9.17) is 0 Å². The number of nitrogens with one attached hydrogen (secondary N) is 1. The van der Waals surface area contributed by atoms with Crippen LogP contribution in [0.4, 0.5) is 0 Å². The summed E-state index contributed by atoms with van der Waals surface area (Å²) >= 11 is 1.69. The van der Waals surface area contributed by atoms with Gasteiger partial charge in [-0.05, 0) is 47.4 Å². The minimum atomic E-state index is -0.832. The molecule has 0 bridgehead atoms. The molecule has 2 N–H and O–H groups in total. The molecule has 8 heteroatoms. The number of aliphatic hydroxyl groups is 1. The minimum absolute atomic E-state index is 0.147. The van der Waals surface area contributed by atoms with Gasteiger partial charge < -0.3 is 15.3 Å². The van der Waals surface area contributed by atoms with E-state index in [1.165, 1.54) is 17.4 Å². The molecule has 1 saturated heterocycles. The van der Waals surface area contributed by atoms with Gasteiger partial charge in [-0.3, -0.25) is 14.4 Å². The van der Waals surface area contributed by atoms with E-state index < -0.39 is 29.0 Å². The van der Waals surface area contributed by atoms with Crippen molar-refractivity contribution in [3.63, 3.8) is 0 Å². The van der Waals surface area contributed by atoms with Gasteiger partial charge in [-0.2, -0.15) is 0 Å². The number of aryl methyl sites for hydroxylation is 1. The smallest absolute Gasteiger partial charge is 0.256 e. The van der Waals surface area contributed by atoms with E-state index in [9.17, 15) is 19.5 Å². The lowest BCUT2D eigenvalue weighted by atomic mass is 9.78. The van der Waals surface area contributed by atoms with Crippen molar-refractivity contribution in [2.75, 3.05) is 6.54 Å². The van der Waals surface area contributed by atoms with Crippen molar-refractivity contribution in [2.45, 2.75) is 78.0 Å². The quantitative estimate of drug-likeness (QED) is 0.639. The van der Waals surface area contributed by atoms with E-state index in [0.29, 0.717) is 18.6 Å². The lowest BCUT2D eigenvalue weighted by molar-refractivity contribution is -0.139. The van der Waals surface area contributed by atoms with Crippen molar-refractivity contribution in [1.29, 1.82) is 0 Å². The maximum Gasteiger partial charge on any atom is 0.256 e. The fourth-order valence-electron chi connectivity index (χ4n) is 5.20. The molecule has 3 amide bonds. The van der Waals surface area contributed by atoms with E-state index in [0.717, 1.165) is 11.1 Å². The minimum Gasteiger partial charge on any atom is -0.391 e. The first kappa shape index (κ1) is 26.2. The number of amides is 3. The Hall–Kier alpha value is -2.84. The van der Waals surface area contributed by atoms with Crippen LogP contribution in [-0.4, -0.2) is 58.2 Å². The van der Waals surface area contributed by atoms with Gasteiger partial charge in [0, 0.05) is 36.9 Å². The topological polar surface area (TPSA) is 99.1 Å². The lowest BCUT2D eigenvalue weighted by Gasteiger charge is -2.35. The highest BCUT2D eigenvalue weighted by Gasteiger charge is 2.49. The Morgan fingerprint density at radius 1 is 1.22 bits per heavy atom. The summed E-state index contributed by atoms with van der Waals surface area (Å²) in [6.45, 7) is 11.2. The maximum absolute atomic E-state index is 13.6. The number of β-amino-alcohol motifs (C(OH)–C–C–N with tert-alkyl or cyclic N) is 1. The molecule has 0 radical (unpaired) electrons. The molecule has 36 heavy (non-hydrogen) atoms. The third kappa shape index (κ3) is 4.89. The van der Waals surface area contributed by atoms with Crippen LogP contribution in [-0.2, 0) is 19.8 Å². The van der Waals surface area contributed by atoms with E-state index in [1.807, 2.05) is 52.0 Å². The van der Waals surface area contributed by atoms with Crippen LogP contribution in [0.15, 0.2) is 40.7 Å². The highest BCUT2D eigenvalue weighted by Crippen LogP contribution is 2.39. The first-order valence-electron chi connectivity index (χ1n) is 12.3. The molecule has 2 aromatic rings. The van der Waals surface area contributed by atoms with Gasteiger partial charge in [-0.1, -0.05) is 45.0 Å². The number of aliphatic imine (C=N–C) groups is 1. The molecule has 0 saturated carbocycles. The largest absolute Gasteiger partial charge is 0.391 e. The molecule has 7 nitrogen and oxygen atoms in total. The molecule has 3 heterocycles. The highest BCUT2D eigenvalue weighted by molar-refractivity contribution is 7.13. The number of aliphatic hydroxyl groups excluding tert-OH is 1. The predicted octanol–water partition coefficient (Wildman–Crippen LogP) is 3.87. The van der Waals surface area contributed by atoms with E-state index in [-0.39, 0.29) is 24.3 Å². The molecule has 1 fully saturated rings. The van der Waals surface area contributed by atoms with Crippen molar-refractivity contribution < 1.29 is 19.5 Å². The van der Waals surface area contributed by atoms with Crippen LogP contribution >= 0.6 is 11.3 Å². The van der Waals surface area contributed by atoms with Gasteiger partial charge in [0.05, 0.1) is 17.6 Å². The van der Waals surface area contributed by atoms with Gasteiger partial charge in [0.2, 0.25) is 11.8 Å². The molecular weight excluding hydrogens is 474 g/mol. The second-order valence-corrected chi connectivity index (χ2v) is 12.2. The maximum atomic E-state index is 13.6. The number of hydrogen-bond donors (Lipinski definition) is 2. The van der Waals surface area contributed by atoms with E-state index in [2.05, 4.69) is 28.7 Å². The van der Waals surface area contributed by atoms with Crippen molar-refractivity contribution in [1.82, 2.24) is 10.2 Å². The number of carbonyl (C=O) groups excluding carboxylic acids is 3. The number of rotatable bonds is 5. The zero-order valence-corrected chi connectivity index (χ0v) is 22.6. The lowest BCUT2D eigenvalue weighted by Crippen LogP contribution is -2.56. The molecule has 0 spiro atoms. The van der Waals surface area contributed by atoms with Crippen LogP contribution in [0.3, 0.4) is 0 Å². The third-order valence-corrected chi connectivity index (χ3v) is 8.37. The molecule has 1 aromatic heterocycles. The summed E-state index contributed by atoms with van der Waals surface area (Å²) in [5.74, 6) is -0.791. The molecule has 1 aromatic carbocycles. The summed E-state index contributed by atoms with van der Waals surface area (Å²) in [7, 11) is 0. The summed E-state index contributed by atoms with van der Waals surface area (Å²) in [5, 5.41) is 15.3. The zero-order chi connectivity index (χ0) is 26.4. The summed E-state index contributed by atoms with van der Waals surface area (Å²) < 4.78 is 0. The van der Waals surface area contributed by atoms with Crippen LogP contribution in [0.25, 0.3) is 10.4 Å². The van der Waals surface area contributed by atoms with Gasteiger partial charge in [0.25, 0.3) is 5.91 Å². The molecule has 2 aliphatic rings. The predicted molar refractivity (Wildman–Crippen MR) is 142 cm³/mol. The second kappa shape index (κ2) is 9.56. The third-order valence-electron chi connectivity index (χ3n) is 7.31. The van der Waals surface area contributed by atoms with Gasteiger partial charge in [-0.15, -0.1) is 11.3 Å². The fourth-order valence-corrected chi connectivity index (χ4v) is 6.13. The van der Waals surface area contributed by atoms with Crippen LogP contribution < -0.4 is 5.32 Å². The molecule has 0 aliphatic carbocycles. The van der Waals surface area contributed by atoms with Crippen molar-refractivity contribution in [3.05, 3.63) is 46.8 Å². The van der Waals surface area contributed by atoms with Crippen molar-refractivity contribution >= 4 is 34.8 Å². The van der Waals surface area contributed by atoms with E-state index in [1.54, 1.807) is 16.2 Å². The van der Waals surface area contributed by atoms with Gasteiger partial charge >= 0.3 is 0 Å². The van der Waals surface area contributed by atoms with Crippen molar-refractivity contribution in [3.8, 4) is 10.4 Å². The van der Waals surface area contributed by atoms with Gasteiger partial charge in [0.1, 0.15) is 6.04 Å². The Morgan fingerprint density at radius 3 is 2.44 bits per heavy atom. The van der Waals surface area contributed by atoms with Gasteiger partial charge in [0.15, 0.2) is 0 Å². The zero-order valence-electron chi connectivity index (χ0n) is 21.8.